The van der Waals surface area contributed by atoms with Crippen LogP contribution in [0.4, 0.5) is 0 Å². The maximum atomic E-state index is 11.3. The molecule has 0 bridgehead atoms. The van der Waals surface area contributed by atoms with Gasteiger partial charge in [-0.2, -0.15) is 0 Å². The van der Waals surface area contributed by atoms with Crippen LogP contribution in [0.25, 0.3) is 11.3 Å². The third-order valence-corrected chi connectivity index (χ3v) is 3.82. The standard InChI is InChI=1S/C16H19N3O2/c1-13(20)19-9-7-18(8-10-19)12-15-11-16(21-17-15)14-5-3-2-4-6-14/h2-6,11H,7-10,12H2,1H3. The first-order valence-corrected chi connectivity index (χ1v) is 7.21. The van der Waals surface area contributed by atoms with Crippen LogP contribution < -0.4 is 0 Å². The first kappa shape index (κ1) is 13.8. The van der Waals surface area contributed by atoms with E-state index in [1.54, 1.807) is 6.92 Å². The van der Waals surface area contributed by atoms with E-state index in [0.29, 0.717) is 0 Å². The van der Waals surface area contributed by atoms with Gasteiger partial charge in [0.25, 0.3) is 0 Å². The van der Waals surface area contributed by atoms with Crippen LogP contribution in [0.5, 0.6) is 0 Å². The van der Waals surface area contributed by atoms with Crippen molar-refractivity contribution in [2.75, 3.05) is 26.2 Å². The lowest BCUT2D eigenvalue weighted by Gasteiger charge is -2.33. The quantitative estimate of drug-likeness (QED) is 0.865. The Balaban J connectivity index is 1.60. The number of hydrogen-bond acceptors (Lipinski definition) is 4. The molecule has 1 aliphatic heterocycles. The third kappa shape index (κ3) is 3.31. The number of carbonyl (C=O) groups is 1. The van der Waals surface area contributed by atoms with E-state index in [-0.39, 0.29) is 5.91 Å². The van der Waals surface area contributed by atoms with Crippen molar-refractivity contribution in [2.45, 2.75) is 13.5 Å². The Morgan fingerprint density at radius 3 is 2.57 bits per heavy atom. The van der Waals surface area contributed by atoms with Crippen molar-refractivity contribution in [3.8, 4) is 11.3 Å². The van der Waals surface area contributed by atoms with E-state index in [2.05, 4.69) is 10.1 Å². The van der Waals surface area contributed by atoms with E-state index in [0.717, 1.165) is 49.7 Å². The molecular formula is C16H19N3O2. The Morgan fingerprint density at radius 2 is 1.90 bits per heavy atom. The molecule has 0 unspecified atom stereocenters. The largest absolute Gasteiger partial charge is 0.356 e. The molecule has 1 fully saturated rings. The summed E-state index contributed by atoms with van der Waals surface area (Å²) in [6.07, 6.45) is 0. The van der Waals surface area contributed by atoms with Crippen LogP contribution in [-0.4, -0.2) is 47.0 Å². The van der Waals surface area contributed by atoms with Gasteiger partial charge in [-0.15, -0.1) is 0 Å². The molecule has 0 saturated carbocycles. The van der Waals surface area contributed by atoms with Crippen LogP contribution in [0.1, 0.15) is 12.6 Å². The summed E-state index contributed by atoms with van der Waals surface area (Å²) in [6.45, 7) is 5.74. The second-order valence-electron chi connectivity index (χ2n) is 5.33. The maximum absolute atomic E-state index is 11.3. The van der Waals surface area contributed by atoms with Crippen molar-refractivity contribution in [3.63, 3.8) is 0 Å². The molecular weight excluding hydrogens is 266 g/mol. The van der Waals surface area contributed by atoms with Crippen molar-refractivity contribution in [1.82, 2.24) is 15.0 Å². The fourth-order valence-corrected chi connectivity index (χ4v) is 2.57. The molecule has 21 heavy (non-hydrogen) atoms. The second-order valence-corrected chi connectivity index (χ2v) is 5.33. The number of aromatic nitrogens is 1. The highest BCUT2D eigenvalue weighted by Crippen LogP contribution is 2.20. The van der Waals surface area contributed by atoms with Crippen molar-refractivity contribution >= 4 is 5.91 Å². The normalized spacial score (nSPS) is 16.1. The SMILES string of the molecule is CC(=O)N1CCN(Cc2cc(-c3ccccc3)on2)CC1. The summed E-state index contributed by atoms with van der Waals surface area (Å²) < 4.78 is 5.41. The highest BCUT2D eigenvalue weighted by atomic mass is 16.5. The molecule has 5 nitrogen and oxygen atoms in total. The molecule has 1 aromatic heterocycles. The van der Waals surface area contributed by atoms with Gasteiger partial charge in [0.1, 0.15) is 0 Å². The first-order valence-electron chi connectivity index (χ1n) is 7.21. The number of carbonyl (C=O) groups excluding carboxylic acids is 1. The molecule has 0 atom stereocenters. The molecule has 110 valence electrons. The fraction of sp³-hybridized carbons (Fsp3) is 0.375. The van der Waals surface area contributed by atoms with E-state index >= 15 is 0 Å². The maximum Gasteiger partial charge on any atom is 0.219 e. The lowest BCUT2D eigenvalue weighted by atomic mass is 10.1. The molecule has 2 aromatic rings. The zero-order valence-corrected chi connectivity index (χ0v) is 12.2. The van der Waals surface area contributed by atoms with Crippen molar-refractivity contribution in [2.24, 2.45) is 0 Å². The van der Waals surface area contributed by atoms with Crippen molar-refractivity contribution in [1.29, 1.82) is 0 Å². The predicted molar refractivity (Wildman–Crippen MR) is 79.5 cm³/mol. The van der Waals surface area contributed by atoms with Crippen molar-refractivity contribution < 1.29 is 9.32 Å². The second kappa shape index (κ2) is 6.10. The minimum Gasteiger partial charge on any atom is -0.356 e. The average molecular weight is 285 g/mol. The molecule has 0 N–H and O–H groups in total. The molecule has 1 saturated heterocycles. The first-order chi connectivity index (χ1) is 10.2. The van der Waals surface area contributed by atoms with Crippen LogP contribution in [-0.2, 0) is 11.3 Å². The van der Waals surface area contributed by atoms with E-state index in [9.17, 15) is 4.79 Å². The highest BCUT2D eigenvalue weighted by molar-refractivity contribution is 5.73. The van der Waals surface area contributed by atoms with E-state index in [1.165, 1.54) is 0 Å². The lowest BCUT2D eigenvalue weighted by molar-refractivity contribution is -0.130. The molecule has 0 aliphatic carbocycles. The minimum atomic E-state index is 0.155. The summed E-state index contributed by atoms with van der Waals surface area (Å²) in [7, 11) is 0. The summed E-state index contributed by atoms with van der Waals surface area (Å²) >= 11 is 0. The Kier molecular flexibility index (Phi) is 4.01. The molecule has 1 amide bonds. The van der Waals surface area contributed by atoms with Gasteiger partial charge >= 0.3 is 0 Å². The summed E-state index contributed by atoms with van der Waals surface area (Å²) in [4.78, 5) is 15.5. The topological polar surface area (TPSA) is 49.6 Å². The zero-order valence-electron chi connectivity index (χ0n) is 12.2. The van der Waals surface area contributed by atoms with E-state index in [4.69, 9.17) is 4.52 Å². The van der Waals surface area contributed by atoms with Gasteiger partial charge in [0.2, 0.25) is 5.91 Å². The molecule has 5 heteroatoms. The average Bonchev–Trinajstić information content (AvgIpc) is 2.97. The fourth-order valence-electron chi connectivity index (χ4n) is 2.57. The number of hydrogen-bond donors (Lipinski definition) is 0. The van der Waals surface area contributed by atoms with E-state index in [1.807, 2.05) is 41.3 Å². The number of nitrogens with zero attached hydrogens (tertiary/aromatic N) is 3. The Labute approximate surface area is 124 Å². The van der Waals surface area contributed by atoms with Crippen LogP contribution >= 0.6 is 0 Å². The van der Waals surface area contributed by atoms with Crippen molar-refractivity contribution in [3.05, 3.63) is 42.1 Å². The van der Waals surface area contributed by atoms with Crippen LogP contribution in [0.15, 0.2) is 40.9 Å². The Morgan fingerprint density at radius 1 is 1.19 bits per heavy atom. The van der Waals surface area contributed by atoms with Crippen LogP contribution in [0.2, 0.25) is 0 Å². The molecule has 0 spiro atoms. The lowest BCUT2D eigenvalue weighted by Crippen LogP contribution is -2.47. The molecule has 2 heterocycles. The van der Waals surface area contributed by atoms with Gasteiger partial charge in [0, 0.05) is 51.3 Å². The molecule has 3 rings (SSSR count). The van der Waals surface area contributed by atoms with Gasteiger partial charge < -0.3 is 9.42 Å². The molecule has 1 aliphatic rings. The smallest absolute Gasteiger partial charge is 0.219 e. The number of piperazine rings is 1. The van der Waals surface area contributed by atoms with Gasteiger partial charge in [-0.1, -0.05) is 35.5 Å². The third-order valence-electron chi connectivity index (χ3n) is 3.82. The monoisotopic (exact) mass is 285 g/mol. The zero-order chi connectivity index (χ0) is 14.7. The van der Waals surface area contributed by atoms with Gasteiger partial charge in [-0.3, -0.25) is 9.69 Å². The molecule has 1 aromatic carbocycles. The van der Waals surface area contributed by atoms with Gasteiger partial charge in [0.05, 0.1) is 5.69 Å². The summed E-state index contributed by atoms with van der Waals surface area (Å²) in [5, 5.41) is 4.14. The number of amides is 1. The summed E-state index contributed by atoms with van der Waals surface area (Å²) in [6, 6.07) is 12.0. The number of benzene rings is 1. The summed E-state index contributed by atoms with van der Waals surface area (Å²) in [5.74, 6) is 0.954. The van der Waals surface area contributed by atoms with Gasteiger partial charge in [-0.25, -0.2) is 0 Å². The predicted octanol–water partition coefficient (Wildman–Crippen LogP) is 2.01. The highest BCUT2D eigenvalue weighted by Gasteiger charge is 2.19. The van der Waals surface area contributed by atoms with Gasteiger partial charge in [-0.05, 0) is 0 Å². The Bertz CT molecular complexity index is 601. The minimum absolute atomic E-state index is 0.155. The van der Waals surface area contributed by atoms with Crippen LogP contribution in [0.3, 0.4) is 0 Å². The number of rotatable bonds is 3. The van der Waals surface area contributed by atoms with E-state index < -0.39 is 0 Å². The summed E-state index contributed by atoms with van der Waals surface area (Å²) in [5.41, 5.74) is 1.97. The van der Waals surface area contributed by atoms with Crippen LogP contribution in [0, 0.1) is 0 Å². The Hall–Kier alpha value is -2.14. The molecule has 0 radical (unpaired) electrons. The van der Waals surface area contributed by atoms with Gasteiger partial charge in [0.15, 0.2) is 5.76 Å².